The van der Waals surface area contributed by atoms with Gasteiger partial charge in [-0.1, -0.05) is 0 Å². The van der Waals surface area contributed by atoms with Gasteiger partial charge in [0.1, 0.15) is 0 Å². The van der Waals surface area contributed by atoms with Gasteiger partial charge < -0.3 is 10.6 Å². The van der Waals surface area contributed by atoms with Crippen molar-refractivity contribution in [2.75, 3.05) is 39.8 Å². The topological polar surface area (TPSA) is 32.5 Å². The largest absolute Gasteiger partial charge is 0.330 e. The third-order valence-corrected chi connectivity index (χ3v) is 3.54. The first-order chi connectivity index (χ1) is 6.29. The van der Waals surface area contributed by atoms with Crippen LogP contribution in [-0.2, 0) is 0 Å². The van der Waals surface area contributed by atoms with Crippen molar-refractivity contribution in [3.05, 3.63) is 0 Å². The molecule has 0 amide bonds. The Labute approximate surface area is 80.9 Å². The second kappa shape index (κ2) is 3.95. The van der Waals surface area contributed by atoms with Gasteiger partial charge in [-0.25, -0.2) is 0 Å². The molecule has 2 unspecified atom stereocenters. The predicted octanol–water partition coefficient (Wildman–Crippen LogP) is -0.0289. The number of hydrogen-bond acceptors (Lipinski definition) is 3. The van der Waals surface area contributed by atoms with E-state index in [4.69, 9.17) is 5.73 Å². The maximum Gasteiger partial charge on any atom is 0.0223 e. The molecule has 2 aliphatic rings. The Bertz CT molecular complexity index is 172. The van der Waals surface area contributed by atoms with Gasteiger partial charge >= 0.3 is 0 Å². The fraction of sp³-hybridized carbons (Fsp3) is 1.00. The maximum atomic E-state index is 5.72. The molecule has 13 heavy (non-hydrogen) atoms. The van der Waals surface area contributed by atoms with Crippen molar-refractivity contribution in [1.29, 1.82) is 0 Å². The number of fused-ring (bicyclic) bond motifs is 1. The van der Waals surface area contributed by atoms with E-state index in [0.717, 1.165) is 18.5 Å². The Kier molecular flexibility index (Phi) is 2.86. The fourth-order valence-corrected chi connectivity index (χ4v) is 2.61. The van der Waals surface area contributed by atoms with E-state index in [2.05, 4.69) is 16.8 Å². The molecule has 2 fully saturated rings. The van der Waals surface area contributed by atoms with Crippen LogP contribution in [0, 0.1) is 5.92 Å². The van der Waals surface area contributed by atoms with E-state index < -0.39 is 0 Å². The fourth-order valence-electron chi connectivity index (χ4n) is 2.61. The van der Waals surface area contributed by atoms with Crippen molar-refractivity contribution in [2.24, 2.45) is 11.7 Å². The van der Waals surface area contributed by atoms with E-state index in [1.807, 2.05) is 0 Å². The Morgan fingerprint density at radius 1 is 1.23 bits per heavy atom. The number of piperidine rings is 1. The molecule has 0 aromatic carbocycles. The van der Waals surface area contributed by atoms with Crippen LogP contribution >= 0.6 is 0 Å². The van der Waals surface area contributed by atoms with Crippen molar-refractivity contribution >= 4 is 0 Å². The van der Waals surface area contributed by atoms with Gasteiger partial charge in [-0.3, -0.25) is 4.90 Å². The lowest BCUT2D eigenvalue weighted by Gasteiger charge is -2.45. The molecule has 76 valence electrons. The number of hydrogen-bond donors (Lipinski definition) is 1. The van der Waals surface area contributed by atoms with Crippen molar-refractivity contribution in [3.63, 3.8) is 0 Å². The van der Waals surface area contributed by atoms with E-state index >= 15 is 0 Å². The minimum absolute atomic E-state index is 0.764. The smallest absolute Gasteiger partial charge is 0.0223 e. The molecular formula is C10H21N3. The van der Waals surface area contributed by atoms with Crippen LogP contribution in [0.25, 0.3) is 0 Å². The molecule has 0 radical (unpaired) electrons. The molecule has 0 bridgehead atoms. The van der Waals surface area contributed by atoms with Crippen molar-refractivity contribution in [2.45, 2.75) is 18.9 Å². The minimum Gasteiger partial charge on any atom is -0.330 e. The van der Waals surface area contributed by atoms with E-state index in [-0.39, 0.29) is 0 Å². The van der Waals surface area contributed by atoms with Gasteiger partial charge in [0.2, 0.25) is 0 Å². The zero-order chi connectivity index (χ0) is 9.26. The highest BCUT2D eigenvalue weighted by atomic mass is 15.3. The summed E-state index contributed by atoms with van der Waals surface area (Å²) in [4.78, 5) is 5.09. The summed E-state index contributed by atoms with van der Waals surface area (Å²) in [7, 11) is 2.23. The molecule has 0 saturated carbocycles. The van der Waals surface area contributed by atoms with E-state index in [1.165, 1.54) is 39.0 Å². The summed E-state index contributed by atoms with van der Waals surface area (Å²) in [6.07, 6.45) is 2.69. The summed E-state index contributed by atoms with van der Waals surface area (Å²) in [5.41, 5.74) is 5.72. The molecule has 0 spiro atoms. The highest BCUT2D eigenvalue weighted by molar-refractivity contribution is 4.87. The Balaban J connectivity index is 1.90. The Morgan fingerprint density at radius 2 is 2.08 bits per heavy atom. The molecule has 2 heterocycles. The summed E-state index contributed by atoms with van der Waals surface area (Å²) in [6, 6.07) is 0.821. The first-order valence-corrected chi connectivity index (χ1v) is 5.42. The Morgan fingerprint density at radius 3 is 2.85 bits per heavy atom. The zero-order valence-corrected chi connectivity index (χ0v) is 8.58. The van der Waals surface area contributed by atoms with Crippen LogP contribution in [0.1, 0.15) is 12.8 Å². The van der Waals surface area contributed by atoms with Gasteiger partial charge in [0.05, 0.1) is 0 Å². The van der Waals surface area contributed by atoms with E-state index in [9.17, 15) is 0 Å². The van der Waals surface area contributed by atoms with Crippen molar-refractivity contribution < 1.29 is 0 Å². The third-order valence-electron chi connectivity index (χ3n) is 3.54. The van der Waals surface area contributed by atoms with Crippen LogP contribution in [0.4, 0.5) is 0 Å². The molecule has 0 aromatic rings. The maximum absolute atomic E-state index is 5.72. The standard InChI is InChI=1S/C10H21N3/c1-12-4-5-13-7-9(6-11)2-3-10(13)8-12/h9-10H,2-8,11H2,1H3. The summed E-state index contributed by atoms with van der Waals surface area (Å²) < 4.78 is 0. The van der Waals surface area contributed by atoms with E-state index in [0.29, 0.717) is 0 Å². The molecule has 2 aliphatic heterocycles. The highest BCUT2D eigenvalue weighted by Crippen LogP contribution is 2.23. The number of nitrogens with zero attached hydrogens (tertiary/aromatic N) is 2. The average molecular weight is 183 g/mol. The molecule has 0 aromatic heterocycles. The summed E-state index contributed by atoms with van der Waals surface area (Å²) in [6.45, 7) is 5.86. The normalized spacial score (nSPS) is 37.4. The molecular weight excluding hydrogens is 162 g/mol. The second-order valence-corrected chi connectivity index (χ2v) is 4.59. The number of piperazine rings is 1. The summed E-state index contributed by atoms with van der Waals surface area (Å²) in [5.74, 6) is 0.764. The third kappa shape index (κ3) is 2.03. The molecule has 3 nitrogen and oxygen atoms in total. The first-order valence-electron chi connectivity index (χ1n) is 5.42. The quantitative estimate of drug-likeness (QED) is 0.620. The van der Waals surface area contributed by atoms with Crippen LogP contribution in [0.15, 0.2) is 0 Å². The number of likely N-dealkylation sites (N-methyl/N-ethyl adjacent to an activating group) is 1. The van der Waals surface area contributed by atoms with Gasteiger partial charge in [-0.15, -0.1) is 0 Å². The van der Waals surface area contributed by atoms with Gasteiger partial charge in [-0.2, -0.15) is 0 Å². The lowest BCUT2D eigenvalue weighted by Crippen LogP contribution is -2.56. The number of nitrogens with two attached hydrogens (primary N) is 1. The first kappa shape index (κ1) is 9.44. The van der Waals surface area contributed by atoms with Gasteiger partial charge in [-0.05, 0) is 32.4 Å². The molecule has 3 heteroatoms. The lowest BCUT2D eigenvalue weighted by molar-refractivity contribution is 0.0404. The van der Waals surface area contributed by atoms with Crippen LogP contribution in [0.5, 0.6) is 0 Å². The predicted molar refractivity (Wildman–Crippen MR) is 54.6 cm³/mol. The molecule has 0 aliphatic carbocycles. The lowest BCUT2D eigenvalue weighted by atomic mass is 9.91. The average Bonchev–Trinajstić information content (AvgIpc) is 2.17. The summed E-state index contributed by atoms with van der Waals surface area (Å²) >= 11 is 0. The summed E-state index contributed by atoms with van der Waals surface area (Å²) in [5, 5.41) is 0. The van der Waals surface area contributed by atoms with Gasteiger partial charge in [0, 0.05) is 32.2 Å². The number of rotatable bonds is 1. The van der Waals surface area contributed by atoms with Crippen LogP contribution < -0.4 is 5.73 Å². The molecule has 2 rings (SSSR count). The van der Waals surface area contributed by atoms with E-state index in [1.54, 1.807) is 0 Å². The van der Waals surface area contributed by atoms with Crippen molar-refractivity contribution in [3.8, 4) is 0 Å². The van der Waals surface area contributed by atoms with Gasteiger partial charge in [0.15, 0.2) is 0 Å². The molecule has 2 saturated heterocycles. The Hall–Kier alpha value is -0.120. The zero-order valence-electron chi connectivity index (χ0n) is 8.58. The van der Waals surface area contributed by atoms with Crippen molar-refractivity contribution in [1.82, 2.24) is 9.80 Å². The van der Waals surface area contributed by atoms with Crippen LogP contribution in [0.3, 0.4) is 0 Å². The molecule has 2 N–H and O–H groups in total. The SMILES string of the molecule is CN1CCN2CC(CN)CCC2C1. The van der Waals surface area contributed by atoms with Crippen LogP contribution in [-0.4, -0.2) is 55.6 Å². The van der Waals surface area contributed by atoms with Gasteiger partial charge in [0.25, 0.3) is 0 Å². The highest BCUT2D eigenvalue weighted by Gasteiger charge is 2.30. The minimum atomic E-state index is 0.764. The monoisotopic (exact) mass is 183 g/mol. The van der Waals surface area contributed by atoms with Crippen LogP contribution in [0.2, 0.25) is 0 Å². The second-order valence-electron chi connectivity index (χ2n) is 4.59. The molecule has 2 atom stereocenters.